The molecule has 1 heterocycles. The van der Waals surface area contributed by atoms with Gasteiger partial charge in [-0.2, -0.15) is 0 Å². The zero-order valence-corrected chi connectivity index (χ0v) is 15.6. The van der Waals surface area contributed by atoms with E-state index in [1.807, 2.05) is 13.8 Å². The number of rotatable bonds is 7. The summed E-state index contributed by atoms with van der Waals surface area (Å²) in [6.45, 7) is 5.76. The second-order valence-corrected chi connectivity index (χ2v) is 6.74. The van der Waals surface area contributed by atoms with Gasteiger partial charge in [0.25, 0.3) is 11.8 Å². The van der Waals surface area contributed by atoms with Gasteiger partial charge >= 0.3 is 0 Å². The number of anilines is 1. The van der Waals surface area contributed by atoms with E-state index < -0.39 is 0 Å². The van der Waals surface area contributed by atoms with Crippen molar-refractivity contribution in [2.45, 2.75) is 20.8 Å². The Kier molecular flexibility index (Phi) is 6.15. The van der Waals surface area contributed by atoms with Gasteiger partial charge in [-0.3, -0.25) is 19.3 Å². The number of hydrogen-bond acceptors (Lipinski definition) is 5. The van der Waals surface area contributed by atoms with Crippen LogP contribution in [0, 0.1) is 5.92 Å². The molecule has 0 radical (unpaired) electrons. The molecular formula is C19H25N3O4. The smallest absolute Gasteiger partial charge is 0.277 e. The molecule has 0 saturated carbocycles. The zero-order chi connectivity index (χ0) is 19.4. The van der Waals surface area contributed by atoms with Crippen LogP contribution in [-0.4, -0.2) is 59.4 Å². The fourth-order valence-electron chi connectivity index (χ4n) is 2.89. The maximum absolute atomic E-state index is 12.9. The molecule has 140 valence electrons. The van der Waals surface area contributed by atoms with Crippen molar-refractivity contribution in [2.24, 2.45) is 5.92 Å². The van der Waals surface area contributed by atoms with Gasteiger partial charge in [0.05, 0.1) is 12.2 Å². The van der Waals surface area contributed by atoms with E-state index in [2.05, 4.69) is 5.32 Å². The summed E-state index contributed by atoms with van der Waals surface area (Å²) in [4.78, 5) is 39.8. The molecule has 0 atom stereocenters. The van der Waals surface area contributed by atoms with Crippen LogP contribution in [0.1, 0.15) is 26.3 Å². The molecule has 2 N–H and O–H groups in total. The van der Waals surface area contributed by atoms with E-state index in [0.29, 0.717) is 23.4 Å². The van der Waals surface area contributed by atoms with E-state index in [1.165, 1.54) is 11.8 Å². The fraction of sp³-hybridized carbons (Fsp3) is 0.421. The van der Waals surface area contributed by atoms with E-state index in [1.54, 1.807) is 36.2 Å². The third kappa shape index (κ3) is 4.11. The summed E-state index contributed by atoms with van der Waals surface area (Å²) in [5.41, 5.74) is 1.82. The highest BCUT2D eigenvalue weighted by atomic mass is 16.3. The molecule has 2 rings (SSSR count). The first-order valence-corrected chi connectivity index (χ1v) is 8.56. The Labute approximate surface area is 153 Å². The average Bonchev–Trinajstić information content (AvgIpc) is 2.79. The summed E-state index contributed by atoms with van der Waals surface area (Å²) in [6.07, 6.45) is 0. The van der Waals surface area contributed by atoms with Crippen LogP contribution in [0.2, 0.25) is 0 Å². The van der Waals surface area contributed by atoms with Crippen molar-refractivity contribution in [3.8, 4) is 0 Å². The molecule has 26 heavy (non-hydrogen) atoms. The van der Waals surface area contributed by atoms with E-state index >= 15 is 0 Å². The fourth-order valence-corrected chi connectivity index (χ4v) is 2.89. The van der Waals surface area contributed by atoms with Crippen LogP contribution in [0.3, 0.4) is 0 Å². The van der Waals surface area contributed by atoms with Crippen molar-refractivity contribution in [2.75, 3.05) is 32.1 Å². The Bertz CT molecular complexity index is 738. The first kappa shape index (κ1) is 19.7. The molecule has 0 bridgehead atoms. The number of likely N-dealkylation sites (N-methyl/N-ethyl adjacent to an activating group) is 1. The number of hydrogen-bond donors (Lipinski definition) is 2. The highest BCUT2D eigenvalue weighted by Crippen LogP contribution is 2.32. The Morgan fingerprint density at radius 1 is 1.19 bits per heavy atom. The molecule has 3 amide bonds. The molecule has 1 aliphatic heterocycles. The predicted molar refractivity (Wildman–Crippen MR) is 98.9 cm³/mol. The Morgan fingerprint density at radius 3 is 2.31 bits per heavy atom. The lowest BCUT2D eigenvalue weighted by Gasteiger charge is -2.21. The van der Waals surface area contributed by atoms with Crippen molar-refractivity contribution >= 4 is 29.0 Å². The normalized spacial score (nSPS) is 14.5. The number of amides is 3. The molecule has 1 aliphatic rings. The third-order valence-corrected chi connectivity index (χ3v) is 4.00. The van der Waals surface area contributed by atoms with Crippen LogP contribution < -0.4 is 5.32 Å². The number of aliphatic hydroxyl groups excluding tert-OH is 1. The molecular weight excluding hydrogens is 334 g/mol. The number of nitrogens with zero attached hydrogens (tertiary/aromatic N) is 2. The van der Waals surface area contributed by atoms with Gasteiger partial charge in [-0.25, -0.2) is 0 Å². The Morgan fingerprint density at radius 2 is 1.81 bits per heavy atom. The van der Waals surface area contributed by atoms with E-state index in [-0.39, 0.29) is 42.5 Å². The molecule has 0 saturated heterocycles. The molecule has 0 aliphatic carbocycles. The van der Waals surface area contributed by atoms with Crippen LogP contribution in [0.5, 0.6) is 0 Å². The minimum absolute atomic E-state index is 0.125. The lowest BCUT2D eigenvalue weighted by molar-refractivity contribution is -0.138. The third-order valence-electron chi connectivity index (χ3n) is 4.00. The number of nitrogens with one attached hydrogen (secondary N) is 1. The largest absolute Gasteiger partial charge is 0.395 e. The summed E-state index contributed by atoms with van der Waals surface area (Å²) in [5.74, 6) is -0.722. The molecule has 0 spiro atoms. The highest BCUT2D eigenvalue weighted by molar-refractivity contribution is 6.35. The molecule has 0 aromatic heterocycles. The maximum atomic E-state index is 12.9. The van der Waals surface area contributed by atoms with Crippen LogP contribution in [0.25, 0.3) is 5.57 Å². The number of benzene rings is 1. The minimum atomic E-state index is -0.347. The standard InChI is InChI=1S/C19H25N3O4/c1-12(2)11-22-18(25)16(17(19(22)26)21(4)9-10-23)14-5-7-15(8-6-14)20-13(3)24/h5-8,12,23H,9-11H2,1-4H3,(H,20,24). The predicted octanol–water partition coefficient (Wildman–Crippen LogP) is 1.30. The molecule has 7 heteroatoms. The van der Waals surface area contributed by atoms with Crippen molar-refractivity contribution in [1.29, 1.82) is 0 Å². The lowest BCUT2D eigenvalue weighted by Crippen LogP contribution is -2.37. The second-order valence-electron chi connectivity index (χ2n) is 6.74. The van der Waals surface area contributed by atoms with Crippen molar-refractivity contribution < 1.29 is 19.5 Å². The number of aliphatic hydroxyl groups is 1. The summed E-state index contributed by atoms with van der Waals surface area (Å²) < 4.78 is 0. The van der Waals surface area contributed by atoms with Crippen LogP contribution in [0.15, 0.2) is 30.0 Å². The molecule has 1 aromatic rings. The van der Waals surface area contributed by atoms with Gasteiger partial charge in [-0.15, -0.1) is 0 Å². The summed E-state index contributed by atoms with van der Waals surface area (Å²) in [6, 6.07) is 6.79. The minimum Gasteiger partial charge on any atom is -0.395 e. The lowest BCUT2D eigenvalue weighted by atomic mass is 10.0. The van der Waals surface area contributed by atoms with Gasteiger partial charge in [0.2, 0.25) is 5.91 Å². The van der Waals surface area contributed by atoms with E-state index in [4.69, 9.17) is 0 Å². The molecule has 7 nitrogen and oxygen atoms in total. The molecule has 1 aromatic carbocycles. The molecule has 0 unspecified atom stereocenters. The topological polar surface area (TPSA) is 90.0 Å². The van der Waals surface area contributed by atoms with Gasteiger partial charge in [0.1, 0.15) is 5.70 Å². The summed E-state index contributed by atoms with van der Waals surface area (Å²) >= 11 is 0. The van der Waals surface area contributed by atoms with Crippen LogP contribution in [0.4, 0.5) is 5.69 Å². The monoisotopic (exact) mass is 359 g/mol. The second kappa shape index (κ2) is 8.14. The number of carbonyl (C=O) groups excluding carboxylic acids is 3. The summed E-state index contributed by atoms with van der Waals surface area (Å²) in [7, 11) is 1.68. The highest BCUT2D eigenvalue weighted by Gasteiger charge is 2.40. The number of carbonyl (C=O) groups is 3. The Hall–Kier alpha value is -2.67. The van der Waals surface area contributed by atoms with Gasteiger partial charge in [-0.05, 0) is 23.6 Å². The van der Waals surface area contributed by atoms with Crippen molar-refractivity contribution in [3.05, 3.63) is 35.5 Å². The molecule has 0 fully saturated rings. The van der Waals surface area contributed by atoms with Crippen LogP contribution >= 0.6 is 0 Å². The first-order valence-electron chi connectivity index (χ1n) is 8.56. The van der Waals surface area contributed by atoms with E-state index in [9.17, 15) is 19.5 Å². The van der Waals surface area contributed by atoms with Gasteiger partial charge in [0, 0.05) is 32.7 Å². The maximum Gasteiger partial charge on any atom is 0.277 e. The zero-order valence-electron chi connectivity index (χ0n) is 15.6. The van der Waals surface area contributed by atoms with Crippen molar-refractivity contribution in [3.63, 3.8) is 0 Å². The van der Waals surface area contributed by atoms with Crippen LogP contribution in [-0.2, 0) is 14.4 Å². The summed E-state index contributed by atoms with van der Waals surface area (Å²) in [5, 5.41) is 11.9. The quantitative estimate of drug-likeness (QED) is 0.717. The first-order chi connectivity index (χ1) is 12.3. The SMILES string of the molecule is CC(=O)Nc1ccc(C2=C(N(C)CCO)C(=O)N(CC(C)C)C2=O)cc1. The van der Waals surface area contributed by atoms with Gasteiger partial charge < -0.3 is 15.3 Å². The Balaban J connectivity index is 2.46. The van der Waals surface area contributed by atoms with Crippen molar-refractivity contribution in [1.82, 2.24) is 9.80 Å². The van der Waals surface area contributed by atoms with Gasteiger partial charge in [-0.1, -0.05) is 26.0 Å². The van der Waals surface area contributed by atoms with Gasteiger partial charge in [0.15, 0.2) is 0 Å². The average molecular weight is 359 g/mol. The number of imide groups is 1. The van der Waals surface area contributed by atoms with E-state index in [0.717, 1.165) is 0 Å².